The molecule has 3 heterocycles. The molecule has 0 radical (unpaired) electrons. The van der Waals surface area contributed by atoms with Gasteiger partial charge in [-0.2, -0.15) is 0 Å². The van der Waals surface area contributed by atoms with Gasteiger partial charge in [0.15, 0.2) is 5.15 Å². The fraction of sp³-hybridized carbons (Fsp3) is 0.364. The number of benzene rings is 1. The lowest BCUT2D eigenvalue weighted by molar-refractivity contribution is -0.127. The summed E-state index contributed by atoms with van der Waals surface area (Å²) >= 11 is 5.75. The minimum absolute atomic E-state index is 0.0590. The van der Waals surface area contributed by atoms with Crippen molar-refractivity contribution >= 4 is 40.9 Å². The first kappa shape index (κ1) is 21.9. The van der Waals surface area contributed by atoms with Crippen molar-refractivity contribution < 1.29 is 18.8 Å². The third-order valence-corrected chi connectivity index (χ3v) is 6.53. The van der Waals surface area contributed by atoms with Crippen molar-refractivity contribution in [2.75, 3.05) is 31.6 Å². The number of piperidine rings is 1. The van der Waals surface area contributed by atoms with Gasteiger partial charge in [0.2, 0.25) is 11.7 Å². The predicted octanol–water partition coefficient (Wildman–Crippen LogP) is 2.95. The summed E-state index contributed by atoms with van der Waals surface area (Å²) in [6.07, 6.45) is 4.40. The molecular weight excluding hydrogens is 434 g/mol. The summed E-state index contributed by atoms with van der Waals surface area (Å²) in [7, 11) is 1.54. The van der Waals surface area contributed by atoms with Gasteiger partial charge in [0, 0.05) is 61.0 Å². The minimum atomic E-state index is -0.487. The monoisotopic (exact) mass is 457 g/mol. The van der Waals surface area contributed by atoms with Crippen molar-refractivity contribution in [1.29, 1.82) is 5.41 Å². The van der Waals surface area contributed by atoms with Crippen molar-refractivity contribution in [2.24, 2.45) is 11.1 Å². The average molecular weight is 458 g/mol. The highest BCUT2D eigenvalue weighted by Gasteiger charge is 2.49. The summed E-state index contributed by atoms with van der Waals surface area (Å²) in [6, 6.07) is 6.84. The first-order chi connectivity index (χ1) is 15.4. The SMILES string of the molecule is COc1cc(N2CCC3(CCN(C(=O)c4cc(Cl)no4)CC3)C2=O)ccc1/C(C=N)=C/N. The Morgan fingerprint density at radius 1 is 1.28 bits per heavy atom. The van der Waals surface area contributed by atoms with Crippen LogP contribution in [0.3, 0.4) is 0 Å². The lowest BCUT2D eigenvalue weighted by Gasteiger charge is -2.37. The summed E-state index contributed by atoms with van der Waals surface area (Å²) in [5.41, 5.74) is 7.08. The van der Waals surface area contributed by atoms with E-state index in [9.17, 15) is 9.59 Å². The largest absolute Gasteiger partial charge is 0.496 e. The van der Waals surface area contributed by atoms with Gasteiger partial charge in [-0.3, -0.25) is 9.59 Å². The third kappa shape index (κ3) is 3.73. The van der Waals surface area contributed by atoms with Gasteiger partial charge in [0.25, 0.3) is 5.91 Å². The molecule has 2 aromatic rings. The number of aromatic nitrogens is 1. The van der Waals surface area contributed by atoms with Gasteiger partial charge in [0.1, 0.15) is 5.75 Å². The van der Waals surface area contributed by atoms with Crippen molar-refractivity contribution in [2.45, 2.75) is 19.3 Å². The number of allylic oxidation sites excluding steroid dienone is 1. The molecule has 10 heteroatoms. The number of carbonyl (C=O) groups is 2. The number of nitrogens with zero attached hydrogens (tertiary/aromatic N) is 3. The number of anilines is 1. The molecule has 3 N–H and O–H groups in total. The summed E-state index contributed by atoms with van der Waals surface area (Å²) in [5, 5.41) is 11.2. The number of ether oxygens (including phenoxy) is 1. The quantitative estimate of drug-likeness (QED) is 0.665. The molecular formula is C22H24ClN5O4. The van der Waals surface area contributed by atoms with Gasteiger partial charge in [-0.25, -0.2) is 0 Å². The number of amides is 2. The van der Waals surface area contributed by atoms with Crippen LogP contribution in [0.4, 0.5) is 5.69 Å². The molecule has 1 aromatic carbocycles. The molecule has 0 bridgehead atoms. The average Bonchev–Trinajstić information content (AvgIpc) is 3.39. The molecule has 9 nitrogen and oxygen atoms in total. The maximum absolute atomic E-state index is 13.4. The van der Waals surface area contributed by atoms with Gasteiger partial charge >= 0.3 is 0 Å². The second-order valence-corrected chi connectivity index (χ2v) is 8.33. The number of methoxy groups -OCH3 is 1. The smallest absolute Gasteiger partial charge is 0.292 e. The Hall–Kier alpha value is -3.33. The molecule has 2 amide bonds. The predicted molar refractivity (Wildman–Crippen MR) is 120 cm³/mol. The zero-order valence-corrected chi connectivity index (χ0v) is 18.4. The van der Waals surface area contributed by atoms with Crippen LogP contribution < -0.4 is 15.4 Å². The molecule has 32 heavy (non-hydrogen) atoms. The van der Waals surface area contributed by atoms with Gasteiger partial charge in [-0.1, -0.05) is 16.8 Å². The first-order valence-electron chi connectivity index (χ1n) is 10.3. The van der Waals surface area contributed by atoms with E-state index in [2.05, 4.69) is 5.16 Å². The van der Waals surface area contributed by atoms with Crippen LogP contribution >= 0.6 is 11.6 Å². The maximum Gasteiger partial charge on any atom is 0.292 e. The van der Waals surface area contributed by atoms with Gasteiger partial charge in [-0.05, 0) is 31.4 Å². The number of nitrogens with two attached hydrogens (primary N) is 1. The molecule has 2 aliphatic rings. The topological polar surface area (TPSA) is 126 Å². The van der Waals surface area contributed by atoms with E-state index in [1.165, 1.54) is 12.3 Å². The first-order valence-corrected chi connectivity index (χ1v) is 10.6. The summed E-state index contributed by atoms with van der Waals surface area (Å²) < 4.78 is 10.5. The lowest BCUT2D eigenvalue weighted by Crippen LogP contribution is -2.46. The number of halogens is 1. The van der Waals surface area contributed by atoms with E-state index >= 15 is 0 Å². The molecule has 0 atom stereocenters. The Labute approximate surface area is 190 Å². The van der Waals surface area contributed by atoms with Crippen molar-refractivity contribution in [3.63, 3.8) is 0 Å². The number of likely N-dealkylation sites (tertiary alicyclic amines) is 1. The number of hydrogen-bond donors (Lipinski definition) is 2. The van der Waals surface area contributed by atoms with Crippen LogP contribution in [0.15, 0.2) is 35.0 Å². The van der Waals surface area contributed by atoms with E-state index in [0.717, 1.165) is 18.3 Å². The fourth-order valence-corrected chi connectivity index (χ4v) is 4.61. The van der Waals surface area contributed by atoms with Crippen molar-refractivity contribution in [3.05, 3.63) is 46.9 Å². The fourth-order valence-electron chi connectivity index (χ4n) is 4.48. The molecule has 2 saturated heterocycles. The van der Waals surface area contributed by atoms with Crippen LogP contribution in [0, 0.1) is 10.8 Å². The van der Waals surface area contributed by atoms with Crippen molar-refractivity contribution in [3.8, 4) is 5.75 Å². The summed E-state index contributed by atoms with van der Waals surface area (Å²) in [4.78, 5) is 29.5. The van der Waals surface area contributed by atoms with Crippen LogP contribution in [0.25, 0.3) is 5.57 Å². The van der Waals surface area contributed by atoms with E-state index < -0.39 is 5.41 Å². The number of nitrogens with one attached hydrogen (secondary N) is 1. The zero-order valence-electron chi connectivity index (χ0n) is 17.6. The highest BCUT2D eigenvalue weighted by atomic mass is 35.5. The molecule has 1 spiro atoms. The van der Waals surface area contributed by atoms with Crippen LogP contribution in [0.5, 0.6) is 5.75 Å². The highest BCUT2D eigenvalue weighted by molar-refractivity contribution is 6.29. The summed E-state index contributed by atoms with van der Waals surface area (Å²) in [6.45, 7) is 1.52. The second-order valence-electron chi connectivity index (χ2n) is 7.94. The Bertz CT molecular complexity index is 1090. The second kappa shape index (κ2) is 8.66. The molecule has 2 fully saturated rings. The number of carbonyl (C=O) groups excluding carboxylic acids is 2. The Balaban J connectivity index is 1.49. The molecule has 0 saturated carbocycles. The standard InChI is InChI=1S/C22H24ClN5O4/c1-31-17-10-15(2-3-16(17)14(12-24)13-25)28-9-6-22(21(28)30)4-7-27(8-5-22)20(29)18-11-19(23)26-32-18/h2-3,10-13,24H,4-9,25H2,1H3/b14-13+,24-12?. The van der Waals surface area contributed by atoms with E-state index in [1.807, 2.05) is 6.07 Å². The van der Waals surface area contributed by atoms with Gasteiger partial charge < -0.3 is 30.2 Å². The molecule has 1 aromatic heterocycles. The molecule has 0 aliphatic carbocycles. The van der Waals surface area contributed by atoms with Gasteiger partial charge in [-0.15, -0.1) is 0 Å². The Morgan fingerprint density at radius 3 is 2.59 bits per heavy atom. The lowest BCUT2D eigenvalue weighted by atomic mass is 9.77. The Morgan fingerprint density at radius 2 is 2.00 bits per heavy atom. The van der Waals surface area contributed by atoms with Crippen molar-refractivity contribution in [1.82, 2.24) is 10.1 Å². The van der Waals surface area contributed by atoms with Crippen LogP contribution in [0.1, 0.15) is 35.4 Å². The van der Waals surface area contributed by atoms with Gasteiger partial charge in [0.05, 0.1) is 12.5 Å². The van der Waals surface area contributed by atoms with Crippen LogP contribution in [-0.2, 0) is 4.79 Å². The normalized spacial score (nSPS) is 18.3. The summed E-state index contributed by atoms with van der Waals surface area (Å²) in [5.74, 6) is 0.441. The third-order valence-electron chi connectivity index (χ3n) is 6.36. The van der Waals surface area contributed by atoms with E-state index in [1.54, 1.807) is 29.0 Å². The van der Waals surface area contributed by atoms with E-state index in [0.29, 0.717) is 49.4 Å². The Kier molecular flexibility index (Phi) is 5.92. The van der Waals surface area contributed by atoms with E-state index in [-0.39, 0.29) is 22.7 Å². The molecule has 0 unspecified atom stereocenters. The zero-order chi connectivity index (χ0) is 22.9. The highest BCUT2D eigenvalue weighted by Crippen LogP contribution is 2.44. The number of hydrogen-bond acceptors (Lipinski definition) is 7. The van der Waals surface area contributed by atoms with E-state index in [4.69, 9.17) is 32.0 Å². The van der Waals surface area contributed by atoms with Crippen LogP contribution in [0.2, 0.25) is 5.15 Å². The minimum Gasteiger partial charge on any atom is -0.496 e. The molecule has 2 aliphatic heterocycles. The van der Waals surface area contributed by atoms with Crippen LogP contribution in [-0.4, -0.2) is 54.8 Å². The molecule has 168 valence electrons. The molecule has 4 rings (SSSR count). The maximum atomic E-state index is 13.4. The number of rotatable bonds is 5.